The number of hydrogen-bond donors (Lipinski definition) is 0. The molecule has 188 valence electrons. The van der Waals surface area contributed by atoms with Crippen LogP contribution >= 0.6 is 0 Å². The van der Waals surface area contributed by atoms with Gasteiger partial charge in [-0.3, -0.25) is 0 Å². The first-order chi connectivity index (χ1) is 16.4. The van der Waals surface area contributed by atoms with E-state index in [1.807, 2.05) is 51.1 Å². The van der Waals surface area contributed by atoms with Crippen LogP contribution in [0.15, 0.2) is 36.4 Å². The molecule has 6 heteroatoms. The number of carbonyl (C=O) groups excluding carboxylic acids is 1. The molecule has 6 rings (SSSR count). The lowest BCUT2D eigenvalue weighted by molar-refractivity contribution is -0.276. The minimum atomic E-state index is -1.14. The summed E-state index contributed by atoms with van der Waals surface area (Å²) in [7, 11) is 0. The van der Waals surface area contributed by atoms with Crippen LogP contribution in [0.3, 0.4) is 0 Å². The van der Waals surface area contributed by atoms with E-state index in [-0.39, 0.29) is 22.9 Å². The van der Waals surface area contributed by atoms with Gasteiger partial charge in [-0.1, -0.05) is 26.0 Å². The molecular weight excluding hydrogens is 443 g/mol. The second kappa shape index (κ2) is 8.51. The zero-order valence-electron chi connectivity index (χ0n) is 21.4. The van der Waals surface area contributed by atoms with Crippen LogP contribution < -0.4 is 9.84 Å². The van der Waals surface area contributed by atoms with E-state index in [2.05, 4.69) is 18.7 Å². The summed E-state index contributed by atoms with van der Waals surface area (Å²) in [4.78, 5) is 16.5. The summed E-state index contributed by atoms with van der Waals surface area (Å²) in [5.41, 5.74) is 2.45. The van der Waals surface area contributed by atoms with Gasteiger partial charge in [0.05, 0.1) is 6.04 Å². The third-order valence-electron chi connectivity index (χ3n) is 7.97. The third-order valence-corrected chi connectivity index (χ3v) is 7.97. The average Bonchev–Trinajstić information content (AvgIpc) is 3.03. The van der Waals surface area contributed by atoms with Crippen LogP contribution in [0.25, 0.3) is 11.1 Å². The van der Waals surface area contributed by atoms with Gasteiger partial charge in [-0.2, -0.15) is 0 Å². The van der Waals surface area contributed by atoms with Crippen LogP contribution in [-0.4, -0.2) is 47.2 Å². The van der Waals surface area contributed by atoms with E-state index >= 15 is 4.39 Å². The van der Waals surface area contributed by atoms with E-state index in [4.69, 9.17) is 4.74 Å². The summed E-state index contributed by atoms with van der Waals surface area (Å²) in [6.45, 7) is 13.0. The van der Waals surface area contributed by atoms with Crippen molar-refractivity contribution >= 4 is 6.09 Å². The molecule has 2 aromatic rings. The fourth-order valence-corrected chi connectivity index (χ4v) is 6.53. The van der Waals surface area contributed by atoms with E-state index in [0.717, 1.165) is 54.9 Å². The van der Waals surface area contributed by atoms with Gasteiger partial charge in [0, 0.05) is 18.2 Å². The highest BCUT2D eigenvalue weighted by Gasteiger charge is 2.48. The van der Waals surface area contributed by atoms with Gasteiger partial charge in [-0.15, -0.1) is 0 Å². The van der Waals surface area contributed by atoms with Crippen molar-refractivity contribution < 1.29 is 19.0 Å². The number of carbonyl (C=O) groups is 1. The van der Waals surface area contributed by atoms with Crippen LogP contribution in [-0.2, 0) is 6.42 Å². The number of carboxylic acid groups (broad SMARTS) is 1. The van der Waals surface area contributed by atoms with Gasteiger partial charge in [0.1, 0.15) is 23.3 Å². The number of halogens is 1. The van der Waals surface area contributed by atoms with Crippen LogP contribution in [0.4, 0.5) is 9.18 Å². The first-order valence-corrected chi connectivity index (χ1v) is 12.8. The smallest absolute Gasteiger partial charge is 0.137 e. The Morgan fingerprint density at radius 2 is 1.80 bits per heavy atom. The molecular formula is C29H36FN2O3-. The fourth-order valence-electron chi connectivity index (χ4n) is 6.53. The molecule has 3 fully saturated rings. The van der Waals surface area contributed by atoms with E-state index in [9.17, 15) is 9.90 Å². The summed E-state index contributed by atoms with van der Waals surface area (Å²) < 4.78 is 21.5. The first kappa shape index (κ1) is 24.1. The Morgan fingerprint density at radius 1 is 1.14 bits per heavy atom. The zero-order valence-corrected chi connectivity index (χ0v) is 21.4. The lowest BCUT2D eigenvalue weighted by Gasteiger charge is -2.53. The van der Waals surface area contributed by atoms with Crippen LogP contribution in [0, 0.1) is 17.2 Å². The molecule has 0 radical (unpaired) electrons. The Hall–Kier alpha value is -2.60. The monoisotopic (exact) mass is 479 g/mol. The first-order valence-electron chi connectivity index (χ1n) is 12.8. The fraction of sp³-hybridized carbons (Fsp3) is 0.552. The molecule has 4 aliphatic rings. The van der Waals surface area contributed by atoms with Gasteiger partial charge < -0.3 is 24.4 Å². The summed E-state index contributed by atoms with van der Waals surface area (Å²) in [6.07, 6.45) is 1.57. The number of benzene rings is 2. The highest BCUT2D eigenvalue weighted by molar-refractivity contribution is 5.69. The lowest BCUT2D eigenvalue weighted by atomic mass is 9.79. The molecule has 2 bridgehead atoms. The summed E-state index contributed by atoms with van der Waals surface area (Å²) >= 11 is 0. The maximum absolute atomic E-state index is 15.6. The predicted molar refractivity (Wildman–Crippen MR) is 133 cm³/mol. The molecule has 3 heterocycles. The molecule has 1 amide bonds. The van der Waals surface area contributed by atoms with Gasteiger partial charge in [0.2, 0.25) is 0 Å². The second-order valence-electron chi connectivity index (χ2n) is 12.2. The van der Waals surface area contributed by atoms with E-state index < -0.39 is 12.1 Å². The molecule has 0 N–H and O–H groups in total. The molecule has 0 spiro atoms. The highest BCUT2D eigenvalue weighted by Crippen LogP contribution is 2.52. The van der Waals surface area contributed by atoms with E-state index in [1.54, 1.807) is 11.0 Å². The van der Waals surface area contributed by atoms with Crippen LogP contribution in [0.5, 0.6) is 5.75 Å². The normalized spacial score (nSPS) is 26.9. The minimum Gasteiger partial charge on any atom is -0.530 e. The van der Waals surface area contributed by atoms with Crippen molar-refractivity contribution in [3.8, 4) is 16.9 Å². The van der Waals surface area contributed by atoms with E-state index in [0.29, 0.717) is 17.9 Å². The number of fused-ring (bicyclic) bond motifs is 4. The van der Waals surface area contributed by atoms with Crippen LogP contribution in [0.2, 0.25) is 0 Å². The number of hydrogen-bond acceptors (Lipinski definition) is 4. The van der Waals surface area contributed by atoms with Crippen LogP contribution in [0.1, 0.15) is 64.6 Å². The number of piperidine rings is 3. The quantitative estimate of drug-likeness (QED) is 0.617. The minimum absolute atomic E-state index is 0.101. The number of nitrogens with zero attached hydrogens (tertiary/aromatic N) is 2. The van der Waals surface area contributed by atoms with Gasteiger partial charge in [-0.05, 0) is 105 Å². The number of ether oxygens (including phenoxy) is 1. The number of rotatable bonds is 4. The summed E-state index contributed by atoms with van der Waals surface area (Å²) in [6, 6.07) is 10.5. The highest BCUT2D eigenvalue weighted by atomic mass is 19.1. The molecule has 3 aliphatic heterocycles. The predicted octanol–water partition coefficient (Wildman–Crippen LogP) is 5.03. The van der Waals surface area contributed by atoms with Crippen molar-refractivity contribution in [2.45, 2.75) is 71.6 Å². The Bertz CT molecular complexity index is 1110. The Balaban J connectivity index is 1.49. The molecule has 0 unspecified atom stereocenters. The SMILES string of the molecule is CC(C)(C)Oc1ccc(-c2cc3c(cc2F)[C@H](N(C(=O)[O-])[C@@H]2CN4CCC2CC4)C(C)(C)C3)cc1. The van der Waals surface area contributed by atoms with Crippen molar-refractivity contribution in [2.24, 2.45) is 11.3 Å². The topological polar surface area (TPSA) is 55.8 Å². The van der Waals surface area contributed by atoms with Gasteiger partial charge >= 0.3 is 0 Å². The van der Waals surface area contributed by atoms with Gasteiger partial charge in [-0.25, -0.2) is 4.39 Å². The zero-order chi connectivity index (χ0) is 25.1. The molecule has 2 atom stereocenters. The Labute approximate surface area is 207 Å². The van der Waals surface area contributed by atoms with Crippen molar-refractivity contribution in [2.75, 3.05) is 19.6 Å². The molecule has 0 saturated carbocycles. The molecule has 1 aliphatic carbocycles. The van der Waals surface area contributed by atoms with Crippen molar-refractivity contribution in [1.29, 1.82) is 0 Å². The molecule has 35 heavy (non-hydrogen) atoms. The standard InChI is InChI=1S/C29H37FN2O3/c1-28(2,3)35-21-8-6-18(7-9-21)22-14-20-16-29(4,5)26(23(20)15-24(22)30)32(27(33)34)25-17-31-12-10-19(25)11-13-31/h6-9,14-15,19,25-26H,10-13,16-17H2,1-5H3,(H,33,34)/p-1/t25-,26+/m1/s1. The number of amides is 1. The maximum atomic E-state index is 15.6. The van der Waals surface area contributed by atoms with Gasteiger partial charge in [0.15, 0.2) is 0 Å². The summed E-state index contributed by atoms with van der Waals surface area (Å²) in [5, 5.41) is 12.6. The van der Waals surface area contributed by atoms with Crippen molar-refractivity contribution in [3.05, 3.63) is 53.3 Å². The van der Waals surface area contributed by atoms with E-state index in [1.165, 1.54) is 0 Å². The molecule has 0 aromatic heterocycles. The van der Waals surface area contributed by atoms with Crippen molar-refractivity contribution in [3.63, 3.8) is 0 Å². The Morgan fingerprint density at radius 3 is 2.34 bits per heavy atom. The third kappa shape index (κ3) is 4.53. The average molecular weight is 480 g/mol. The molecule has 3 saturated heterocycles. The molecule has 2 aromatic carbocycles. The molecule has 5 nitrogen and oxygen atoms in total. The summed E-state index contributed by atoms with van der Waals surface area (Å²) in [5.74, 6) is 0.755. The van der Waals surface area contributed by atoms with Gasteiger partial charge in [0.25, 0.3) is 0 Å². The largest absolute Gasteiger partial charge is 0.530 e. The lowest BCUT2D eigenvalue weighted by Crippen LogP contribution is -2.62. The second-order valence-corrected chi connectivity index (χ2v) is 12.2. The Kier molecular flexibility index (Phi) is 5.86. The maximum Gasteiger partial charge on any atom is 0.137 e. The van der Waals surface area contributed by atoms with Crippen molar-refractivity contribution in [1.82, 2.24) is 9.80 Å².